The molecule has 0 unspecified atom stereocenters. The maximum absolute atomic E-state index is 13.6. The van der Waals surface area contributed by atoms with E-state index in [0.29, 0.717) is 21.4 Å². The minimum Gasteiger partial charge on any atom is -0.497 e. The highest BCUT2D eigenvalue weighted by Gasteiger charge is 2.49. The molecule has 3 heterocycles. The van der Waals surface area contributed by atoms with Crippen LogP contribution in [0.3, 0.4) is 0 Å². The fourth-order valence-electron chi connectivity index (χ4n) is 3.81. The van der Waals surface area contributed by atoms with Crippen molar-refractivity contribution in [1.29, 1.82) is 0 Å². The molecule has 30 heavy (non-hydrogen) atoms. The first-order valence-electron chi connectivity index (χ1n) is 9.09. The van der Waals surface area contributed by atoms with Gasteiger partial charge < -0.3 is 19.7 Å². The van der Waals surface area contributed by atoms with Gasteiger partial charge >= 0.3 is 6.03 Å². The van der Waals surface area contributed by atoms with Crippen LogP contribution in [-0.4, -0.2) is 28.7 Å². The van der Waals surface area contributed by atoms with Crippen LogP contribution in [0.1, 0.15) is 4.88 Å². The number of rotatable bonds is 4. The zero-order chi connectivity index (χ0) is 21.0. The van der Waals surface area contributed by atoms with Gasteiger partial charge in [0.2, 0.25) is 0 Å². The molecule has 0 saturated carbocycles. The van der Waals surface area contributed by atoms with Gasteiger partial charge in [-0.05, 0) is 47.9 Å². The third kappa shape index (κ3) is 2.70. The molecule has 0 spiro atoms. The molecule has 9 heteroatoms. The number of methoxy groups -OCH3 is 1. The number of aromatic nitrogens is 1. The van der Waals surface area contributed by atoms with Gasteiger partial charge in [0.15, 0.2) is 11.4 Å². The predicted molar refractivity (Wildman–Crippen MR) is 110 cm³/mol. The number of hydrogen-bond donors (Lipinski definition) is 3. The maximum atomic E-state index is 13.6. The van der Waals surface area contributed by atoms with Gasteiger partial charge in [0.1, 0.15) is 11.6 Å². The van der Waals surface area contributed by atoms with Crippen LogP contribution in [0.25, 0.3) is 20.9 Å². The van der Waals surface area contributed by atoms with E-state index in [2.05, 4.69) is 10.6 Å². The van der Waals surface area contributed by atoms with Crippen LogP contribution in [-0.2, 0) is 16.9 Å². The van der Waals surface area contributed by atoms with Crippen LogP contribution in [0.5, 0.6) is 11.6 Å². The smallest absolute Gasteiger partial charge is 0.322 e. The van der Waals surface area contributed by atoms with E-state index in [4.69, 9.17) is 4.74 Å². The molecule has 0 aliphatic carbocycles. The van der Waals surface area contributed by atoms with Crippen LogP contribution in [0, 0.1) is 5.82 Å². The van der Waals surface area contributed by atoms with Crippen molar-refractivity contribution in [3.8, 4) is 11.6 Å². The molecule has 3 amide bonds. The number of halogens is 1. The molecule has 1 aliphatic heterocycles. The molecule has 0 bridgehead atoms. The average molecular weight is 425 g/mol. The van der Waals surface area contributed by atoms with Crippen molar-refractivity contribution in [2.45, 2.75) is 12.1 Å². The number of benzene rings is 2. The van der Waals surface area contributed by atoms with Gasteiger partial charge in [-0.15, -0.1) is 11.3 Å². The van der Waals surface area contributed by atoms with Crippen molar-refractivity contribution >= 4 is 44.1 Å². The molecule has 1 saturated heterocycles. The molecular weight excluding hydrogens is 409 g/mol. The van der Waals surface area contributed by atoms with E-state index in [1.807, 2.05) is 0 Å². The van der Waals surface area contributed by atoms with E-state index in [9.17, 15) is 19.1 Å². The first-order chi connectivity index (χ1) is 14.4. The fraction of sp³-hybridized carbons (Fsp3) is 0.143. The molecule has 1 aliphatic rings. The zero-order valence-corrected chi connectivity index (χ0v) is 16.5. The Morgan fingerprint density at radius 1 is 1.17 bits per heavy atom. The summed E-state index contributed by atoms with van der Waals surface area (Å²) in [5.41, 5.74) is -1.44. The third-order valence-electron chi connectivity index (χ3n) is 5.32. The van der Waals surface area contributed by atoms with Gasteiger partial charge in [-0.1, -0.05) is 0 Å². The number of nitrogens with one attached hydrogen (secondary N) is 2. The normalized spacial score (nSPS) is 18.7. The minimum absolute atomic E-state index is 0.0390. The average Bonchev–Trinajstić information content (AvgIpc) is 3.36. The van der Waals surface area contributed by atoms with Gasteiger partial charge in [0.25, 0.3) is 5.91 Å². The molecule has 152 valence electrons. The number of ether oxygens (including phenoxy) is 1. The monoisotopic (exact) mass is 425 g/mol. The maximum Gasteiger partial charge on any atom is 0.322 e. The van der Waals surface area contributed by atoms with Gasteiger partial charge in [-0.2, -0.15) is 0 Å². The second-order valence-electron chi connectivity index (χ2n) is 7.14. The topological polar surface area (TPSA) is 92.6 Å². The number of nitrogens with zero attached hydrogens (tertiary/aromatic N) is 1. The molecule has 1 atom stereocenters. The number of carbonyl (C=O) groups excluding carboxylic acids is 2. The highest BCUT2D eigenvalue weighted by Crippen LogP contribution is 2.39. The van der Waals surface area contributed by atoms with Gasteiger partial charge in [0, 0.05) is 26.5 Å². The Hall–Kier alpha value is -3.59. The molecule has 3 N–H and O–H groups in total. The number of carbonyl (C=O) groups is 2. The molecular formula is C21H16FN3O4S. The van der Waals surface area contributed by atoms with Crippen LogP contribution in [0.15, 0.2) is 48.7 Å². The molecule has 7 nitrogen and oxygen atoms in total. The highest BCUT2D eigenvalue weighted by molar-refractivity contribution is 7.19. The number of aromatic hydroxyl groups is 1. The van der Waals surface area contributed by atoms with Gasteiger partial charge in [-0.25, -0.2) is 9.18 Å². The Kier molecular flexibility index (Phi) is 3.97. The van der Waals surface area contributed by atoms with Crippen molar-refractivity contribution in [2.75, 3.05) is 7.11 Å². The Balaban J connectivity index is 1.65. The summed E-state index contributed by atoms with van der Waals surface area (Å²) in [5, 5.41) is 17.7. The summed E-state index contributed by atoms with van der Waals surface area (Å²) in [5.74, 6) is -0.383. The van der Waals surface area contributed by atoms with E-state index < -0.39 is 17.5 Å². The van der Waals surface area contributed by atoms with Crippen LogP contribution in [0.2, 0.25) is 0 Å². The number of thiophene rings is 1. The summed E-state index contributed by atoms with van der Waals surface area (Å²) in [6, 6.07) is 10.7. The van der Waals surface area contributed by atoms with Crippen molar-refractivity contribution in [2.24, 2.45) is 0 Å². The summed E-state index contributed by atoms with van der Waals surface area (Å²) in [7, 11) is 1.53. The van der Waals surface area contributed by atoms with Crippen LogP contribution in [0.4, 0.5) is 9.18 Å². The lowest BCUT2D eigenvalue weighted by Crippen LogP contribution is -2.46. The molecule has 5 rings (SSSR count). The first-order valence-corrected chi connectivity index (χ1v) is 9.90. The van der Waals surface area contributed by atoms with Crippen LogP contribution >= 0.6 is 11.3 Å². The lowest BCUT2D eigenvalue weighted by molar-refractivity contribution is -0.124. The molecule has 4 aromatic rings. The van der Waals surface area contributed by atoms with E-state index in [1.54, 1.807) is 36.5 Å². The summed E-state index contributed by atoms with van der Waals surface area (Å²) < 4.78 is 21.2. The number of amides is 3. The zero-order valence-electron chi connectivity index (χ0n) is 15.7. The third-order valence-corrected chi connectivity index (χ3v) is 6.59. The molecule has 2 aromatic heterocycles. The van der Waals surface area contributed by atoms with E-state index in [1.165, 1.54) is 35.1 Å². The van der Waals surface area contributed by atoms with E-state index in [0.717, 1.165) is 10.1 Å². The van der Waals surface area contributed by atoms with Gasteiger partial charge in [-0.3, -0.25) is 10.1 Å². The minimum atomic E-state index is -1.44. The van der Waals surface area contributed by atoms with Gasteiger partial charge in [0.05, 0.1) is 13.7 Å². The quantitative estimate of drug-likeness (QED) is 0.437. The molecule has 2 aromatic carbocycles. The summed E-state index contributed by atoms with van der Waals surface area (Å²) in [4.78, 5) is 25.5. The van der Waals surface area contributed by atoms with Crippen molar-refractivity contribution in [3.05, 3.63) is 59.4 Å². The van der Waals surface area contributed by atoms with Crippen LogP contribution < -0.4 is 15.4 Å². The second kappa shape index (κ2) is 6.46. The lowest BCUT2D eigenvalue weighted by Gasteiger charge is -2.25. The van der Waals surface area contributed by atoms with Crippen molar-refractivity contribution in [3.63, 3.8) is 0 Å². The summed E-state index contributed by atoms with van der Waals surface area (Å²) in [6.07, 6.45) is 1.70. The van der Waals surface area contributed by atoms with E-state index in [-0.39, 0.29) is 18.2 Å². The predicted octanol–water partition coefficient (Wildman–Crippen LogP) is 3.44. The largest absolute Gasteiger partial charge is 0.497 e. The Morgan fingerprint density at radius 2 is 2.00 bits per heavy atom. The number of fused-ring (bicyclic) bond motifs is 2. The fourth-order valence-corrected chi connectivity index (χ4v) is 4.98. The number of hydrogen-bond acceptors (Lipinski definition) is 5. The van der Waals surface area contributed by atoms with Crippen molar-refractivity contribution < 1.29 is 23.8 Å². The molecule has 0 radical (unpaired) electrons. The highest BCUT2D eigenvalue weighted by atomic mass is 32.1. The Morgan fingerprint density at radius 3 is 2.73 bits per heavy atom. The number of imide groups is 1. The summed E-state index contributed by atoms with van der Waals surface area (Å²) >= 11 is 1.29. The lowest BCUT2D eigenvalue weighted by atomic mass is 9.97. The Labute approximate surface area is 173 Å². The SMILES string of the molecule is COc1ccc2cn(C[C@@]3(c4cc5cc(F)ccc5s4)NC(=O)NC3=O)c(O)c2c1. The molecule has 1 fully saturated rings. The standard InChI is InChI=1S/C21H16FN3O4S/c1-29-14-4-2-11-9-25(18(26)15(11)8-14)10-21(19(27)23-20(28)24-21)17-7-12-6-13(22)3-5-16(12)30-17/h2-9,26H,10H2,1H3,(H2,23,24,27,28)/t21-/m0/s1. The Bertz CT molecular complexity index is 1350. The van der Waals surface area contributed by atoms with Crippen molar-refractivity contribution in [1.82, 2.24) is 15.2 Å². The van der Waals surface area contributed by atoms with E-state index >= 15 is 0 Å². The first kappa shape index (κ1) is 18.4. The summed E-state index contributed by atoms with van der Waals surface area (Å²) in [6.45, 7) is -0.0390. The number of urea groups is 1. The second-order valence-corrected chi connectivity index (χ2v) is 8.22.